The Labute approximate surface area is 73.4 Å². The van der Waals surface area contributed by atoms with Gasteiger partial charge in [-0.05, 0) is 31.4 Å². The number of nitrogens with one attached hydrogen (secondary N) is 1. The zero-order valence-corrected chi connectivity index (χ0v) is 7.85. The van der Waals surface area contributed by atoms with E-state index in [2.05, 4.69) is 24.0 Å². The fourth-order valence-electron chi connectivity index (χ4n) is 1.47. The molecule has 1 heterocycles. The third-order valence-corrected chi connectivity index (χ3v) is 2.12. The maximum absolute atomic E-state index is 5.53. The van der Waals surface area contributed by atoms with Gasteiger partial charge in [-0.1, -0.05) is 13.8 Å². The molecule has 0 aliphatic rings. The number of hydrogen-bond acceptors (Lipinski definition) is 2. The van der Waals surface area contributed by atoms with Crippen LogP contribution in [0.1, 0.15) is 30.8 Å². The Kier molecular flexibility index (Phi) is 3.29. The molecule has 0 atom stereocenters. The number of rotatable bonds is 4. The number of nitrogens with zero attached hydrogens (tertiary/aromatic N) is 1. The molecule has 0 saturated carbocycles. The van der Waals surface area contributed by atoms with Crippen LogP contribution in [0.2, 0.25) is 0 Å². The van der Waals surface area contributed by atoms with Gasteiger partial charge in [0.25, 0.3) is 0 Å². The van der Waals surface area contributed by atoms with E-state index in [0.29, 0.717) is 6.54 Å². The lowest BCUT2D eigenvalue weighted by Crippen LogP contribution is -2.05. The van der Waals surface area contributed by atoms with Crippen molar-refractivity contribution in [1.82, 2.24) is 10.2 Å². The summed E-state index contributed by atoms with van der Waals surface area (Å²) in [4.78, 5) is 0. The van der Waals surface area contributed by atoms with Crippen molar-refractivity contribution >= 4 is 0 Å². The van der Waals surface area contributed by atoms with E-state index in [1.165, 1.54) is 17.0 Å². The summed E-state index contributed by atoms with van der Waals surface area (Å²) in [7, 11) is 0. The van der Waals surface area contributed by atoms with Gasteiger partial charge in [-0.25, -0.2) is 0 Å². The van der Waals surface area contributed by atoms with Crippen LogP contribution in [-0.2, 0) is 19.3 Å². The first-order chi connectivity index (χ1) is 5.83. The van der Waals surface area contributed by atoms with Crippen molar-refractivity contribution in [3.63, 3.8) is 0 Å². The van der Waals surface area contributed by atoms with Gasteiger partial charge in [-0.2, -0.15) is 5.10 Å². The molecule has 1 aromatic rings. The van der Waals surface area contributed by atoms with Crippen LogP contribution in [-0.4, -0.2) is 16.7 Å². The van der Waals surface area contributed by atoms with Crippen LogP contribution in [0.15, 0.2) is 0 Å². The van der Waals surface area contributed by atoms with Crippen molar-refractivity contribution in [3.05, 3.63) is 17.0 Å². The Morgan fingerprint density at radius 1 is 1.33 bits per heavy atom. The Morgan fingerprint density at radius 2 is 2.08 bits per heavy atom. The second kappa shape index (κ2) is 4.26. The van der Waals surface area contributed by atoms with Gasteiger partial charge < -0.3 is 5.73 Å². The van der Waals surface area contributed by atoms with E-state index in [1.54, 1.807) is 0 Å². The van der Waals surface area contributed by atoms with Crippen molar-refractivity contribution in [2.75, 3.05) is 6.54 Å². The number of nitrogens with two attached hydrogens (primary N) is 1. The zero-order valence-electron chi connectivity index (χ0n) is 7.85. The fourth-order valence-corrected chi connectivity index (χ4v) is 1.47. The molecule has 0 radical (unpaired) electrons. The lowest BCUT2D eigenvalue weighted by molar-refractivity contribution is 0.914. The number of aromatic amines is 1. The molecule has 0 unspecified atom stereocenters. The molecule has 0 spiro atoms. The smallest absolute Gasteiger partial charge is 0.0654 e. The van der Waals surface area contributed by atoms with Crippen LogP contribution in [0, 0.1) is 0 Å². The number of hydrogen-bond donors (Lipinski definition) is 2. The topological polar surface area (TPSA) is 54.7 Å². The molecule has 1 rings (SSSR count). The Morgan fingerprint density at radius 3 is 2.58 bits per heavy atom. The predicted molar refractivity (Wildman–Crippen MR) is 50.1 cm³/mol. The number of aryl methyl sites for hydroxylation is 2. The van der Waals surface area contributed by atoms with E-state index >= 15 is 0 Å². The van der Waals surface area contributed by atoms with Gasteiger partial charge in [0.15, 0.2) is 0 Å². The molecule has 1 aromatic heterocycles. The molecule has 0 aliphatic heterocycles. The quantitative estimate of drug-likeness (QED) is 0.704. The van der Waals surface area contributed by atoms with Gasteiger partial charge in [0.2, 0.25) is 0 Å². The molecule has 3 nitrogen and oxygen atoms in total. The summed E-state index contributed by atoms with van der Waals surface area (Å²) < 4.78 is 0. The first kappa shape index (κ1) is 9.26. The SMILES string of the molecule is CCc1n[nH]c(CC)c1CCN. The normalized spacial score (nSPS) is 10.6. The van der Waals surface area contributed by atoms with Gasteiger partial charge in [0, 0.05) is 5.69 Å². The Balaban J connectivity index is 2.90. The molecule has 0 bridgehead atoms. The lowest BCUT2D eigenvalue weighted by atomic mass is 10.1. The minimum atomic E-state index is 0.708. The van der Waals surface area contributed by atoms with E-state index in [-0.39, 0.29) is 0 Å². The Hall–Kier alpha value is -0.830. The van der Waals surface area contributed by atoms with Crippen LogP contribution in [0.25, 0.3) is 0 Å². The highest BCUT2D eigenvalue weighted by molar-refractivity contribution is 5.25. The summed E-state index contributed by atoms with van der Waals surface area (Å²) >= 11 is 0. The highest BCUT2D eigenvalue weighted by Gasteiger charge is 2.08. The predicted octanol–water partition coefficient (Wildman–Crippen LogP) is 1.04. The molecule has 12 heavy (non-hydrogen) atoms. The van der Waals surface area contributed by atoms with E-state index in [1.807, 2.05) is 0 Å². The molecule has 3 heteroatoms. The first-order valence-electron chi connectivity index (χ1n) is 4.58. The fraction of sp³-hybridized carbons (Fsp3) is 0.667. The largest absolute Gasteiger partial charge is 0.330 e. The monoisotopic (exact) mass is 167 g/mol. The number of H-pyrrole nitrogens is 1. The second-order valence-electron chi connectivity index (χ2n) is 2.87. The highest BCUT2D eigenvalue weighted by Crippen LogP contribution is 2.12. The molecular weight excluding hydrogens is 150 g/mol. The summed E-state index contributed by atoms with van der Waals surface area (Å²) in [6.45, 7) is 4.96. The maximum atomic E-state index is 5.53. The molecule has 0 amide bonds. The molecule has 3 N–H and O–H groups in total. The second-order valence-corrected chi connectivity index (χ2v) is 2.87. The molecule has 68 valence electrons. The third kappa shape index (κ3) is 1.67. The molecule has 0 aliphatic carbocycles. The van der Waals surface area contributed by atoms with E-state index in [4.69, 9.17) is 5.73 Å². The average molecular weight is 167 g/mol. The van der Waals surface area contributed by atoms with Crippen LogP contribution in [0.5, 0.6) is 0 Å². The summed E-state index contributed by atoms with van der Waals surface area (Å²) in [5.74, 6) is 0. The lowest BCUT2D eigenvalue weighted by Gasteiger charge is -2.00. The van der Waals surface area contributed by atoms with E-state index < -0.39 is 0 Å². The summed E-state index contributed by atoms with van der Waals surface area (Å²) in [6, 6.07) is 0. The van der Waals surface area contributed by atoms with Gasteiger partial charge in [0.05, 0.1) is 5.69 Å². The summed E-state index contributed by atoms with van der Waals surface area (Å²) in [5, 5.41) is 7.30. The van der Waals surface area contributed by atoms with Crippen molar-refractivity contribution < 1.29 is 0 Å². The number of aromatic nitrogens is 2. The van der Waals surface area contributed by atoms with Crippen molar-refractivity contribution in [2.45, 2.75) is 33.1 Å². The molecule has 0 aromatic carbocycles. The van der Waals surface area contributed by atoms with Gasteiger partial charge >= 0.3 is 0 Å². The third-order valence-electron chi connectivity index (χ3n) is 2.12. The first-order valence-corrected chi connectivity index (χ1v) is 4.58. The Bertz CT molecular complexity index is 218. The van der Waals surface area contributed by atoms with Gasteiger partial charge in [-0.15, -0.1) is 0 Å². The molecule has 0 saturated heterocycles. The minimum Gasteiger partial charge on any atom is -0.330 e. The van der Waals surface area contributed by atoms with Crippen LogP contribution in [0.3, 0.4) is 0 Å². The molecule has 0 fully saturated rings. The average Bonchev–Trinajstić information content (AvgIpc) is 2.48. The van der Waals surface area contributed by atoms with Gasteiger partial charge in [0.1, 0.15) is 0 Å². The maximum Gasteiger partial charge on any atom is 0.0654 e. The van der Waals surface area contributed by atoms with Crippen LogP contribution in [0.4, 0.5) is 0 Å². The summed E-state index contributed by atoms with van der Waals surface area (Å²) in [5.41, 5.74) is 9.29. The highest BCUT2D eigenvalue weighted by atomic mass is 15.1. The minimum absolute atomic E-state index is 0.708. The molecular formula is C9H17N3. The van der Waals surface area contributed by atoms with Crippen molar-refractivity contribution in [3.8, 4) is 0 Å². The zero-order chi connectivity index (χ0) is 8.97. The van der Waals surface area contributed by atoms with Crippen molar-refractivity contribution in [1.29, 1.82) is 0 Å². The van der Waals surface area contributed by atoms with E-state index in [9.17, 15) is 0 Å². The standard InChI is InChI=1S/C9H17N3/c1-3-8-7(5-6-10)9(4-2)12-11-8/h3-6,10H2,1-2H3,(H,11,12). The van der Waals surface area contributed by atoms with Crippen LogP contribution >= 0.6 is 0 Å². The van der Waals surface area contributed by atoms with Crippen LogP contribution < -0.4 is 5.73 Å². The van der Waals surface area contributed by atoms with E-state index in [0.717, 1.165) is 19.3 Å². The summed E-state index contributed by atoms with van der Waals surface area (Å²) in [6.07, 6.45) is 2.96. The van der Waals surface area contributed by atoms with Crippen molar-refractivity contribution in [2.24, 2.45) is 5.73 Å². The van der Waals surface area contributed by atoms with Gasteiger partial charge in [-0.3, -0.25) is 5.10 Å².